The number of nitrogens with one attached hydrogen (secondary N) is 1. The lowest BCUT2D eigenvalue weighted by Crippen LogP contribution is -2.26. The van der Waals surface area contributed by atoms with Crippen LogP contribution in [0.25, 0.3) is 0 Å². The minimum Gasteiger partial charge on any atom is -0.304 e. The summed E-state index contributed by atoms with van der Waals surface area (Å²) in [5, 5.41) is 3.17. The van der Waals surface area contributed by atoms with Crippen LogP contribution >= 0.6 is 11.8 Å². The summed E-state index contributed by atoms with van der Waals surface area (Å²) in [5.41, 5.74) is 4.24. The van der Waals surface area contributed by atoms with Crippen molar-refractivity contribution in [2.45, 2.75) is 25.5 Å². The van der Waals surface area contributed by atoms with Crippen LogP contribution in [-0.2, 0) is 11.2 Å². The third kappa shape index (κ3) is 3.79. The topological polar surface area (TPSA) is 41.5 Å². The highest BCUT2D eigenvalue weighted by molar-refractivity contribution is 8.15. The van der Waals surface area contributed by atoms with Crippen molar-refractivity contribution in [3.05, 3.63) is 65.0 Å². The van der Waals surface area contributed by atoms with Crippen molar-refractivity contribution >= 4 is 28.5 Å². The van der Waals surface area contributed by atoms with Gasteiger partial charge in [-0.15, -0.1) is 0 Å². The number of halogens is 1. The molecule has 1 fully saturated rings. The number of aliphatic imine (C=N–C) groups is 1. The van der Waals surface area contributed by atoms with Crippen molar-refractivity contribution in [1.82, 2.24) is 5.32 Å². The van der Waals surface area contributed by atoms with E-state index in [1.54, 1.807) is 12.1 Å². The van der Waals surface area contributed by atoms with E-state index in [9.17, 15) is 9.18 Å². The molecule has 1 atom stereocenters. The van der Waals surface area contributed by atoms with Crippen LogP contribution < -0.4 is 5.32 Å². The van der Waals surface area contributed by atoms with E-state index in [-0.39, 0.29) is 17.0 Å². The predicted molar refractivity (Wildman–Crippen MR) is 92.6 cm³/mol. The standard InChI is InChI=1S/C18H17FN2OS/c1-11-3-4-13(9-12(11)2)10-16-17(22)21-18(23-16)20-15-7-5-14(19)6-8-15/h3-9,16H,10H2,1-2H3,(H,20,21,22). The Kier molecular flexibility index (Phi) is 4.48. The van der Waals surface area contributed by atoms with Gasteiger partial charge >= 0.3 is 0 Å². The Morgan fingerprint density at radius 1 is 1.13 bits per heavy atom. The lowest BCUT2D eigenvalue weighted by Gasteiger charge is -2.08. The second kappa shape index (κ2) is 6.54. The Hall–Kier alpha value is -2.14. The highest BCUT2D eigenvalue weighted by atomic mass is 32.2. The maximum atomic E-state index is 12.9. The van der Waals surface area contributed by atoms with Crippen molar-refractivity contribution < 1.29 is 9.18 Å². The molecule has 2 aromatic rings. The molecule has 1 aliphatic heterocycles. The molecule has 0 saturated carbocycles. The highest BCUT2D eigenvalue weighted by Gasteiger charge is 2.30. The van der Waals surface area contributed by atoms with Gasteiger partial charge in [-0.05, 0) is 61.2 Å². The zero-order valence-electron chi connectivity index (χ0n) is 13.0. The van der Waals surface area contributed by atoms with Crippen LogP contribution in [0.15, 0.2) is 47.5 Å². The number of amides is 1. The smallest absolute Gasteiger partial charge is 0.239 e. The highest BCUT2D eigenvalue weighted by Crippen LogP contribution is 2.26. The molecular weight excluding hydrogens is 311 g/mol. The number of rotatable bonds is 3. The second-order valence-corrected chi connectivity index (χ2v) is 6.80. The zero-order chi connectivity index (χ0) is 16.4. The molecule has 23 heavy (non-hydrogen) atoms. The second-order valence-electron chi connectivity index (χ2n) is 5.61. The maximum absolute atomic E-state index is 12.9. The van der Waals surface area contributed by atoms with E-state index < -0.39 is 0 Å². The molecule has 118 valence electrons. The molecule has 5 heteroatoms. The molecule has 0 aliphatic carbocycles. The summed E-state index contributed by atoms with van der Waals surface area (Å²) in [6.45, 7) is 4.14. The fourth-order valence-electron chi connectivity index (χ4n) is 2.37. The number of carbonyl (C=O) groups excluding carboxylic acids is 1. The fraction of sp³-hybridized carbons (Fsp3) is 0.222. The number of nitrogens with zero attached hydrogens (tertiary/aromatic N) is 1. The van der Waals surface area contributed by atoms with E-state index in [0.29, 0.717) is 17.3 Å². The van der Waals surface area contributed by atoms with Gasteiger partial charge in [0.15, 0.2) is 5.17 Å². The van der Waals surface area contributed by atoms with Gasteiger partial charge in [0.05, 0.1) is 10.9 Å². The Morgan fingerprint density at radius 2 is 1.87 bits per heavy atom. The quantitative estimate of drug-likeness (QED) is 0.928. The van der Waals surface area contributed by atoms with Crippen molar-refractivity contribution in [2.24, 2.45) is 4.99 Å². The molecule has 0 aromatic heterocycles. The first-order valence-corrected chi connectivity index (χ1v) is 8.27. The summed E-state index contributed by atoms with van der Waals surface area (Å²) in [7, 11) is 0. The molecule has 1 amide bonds. The normalized spacial score (nSPS) is 19.2. The van der Waals surface area contributed by atoms with Gasteiger partial charge in [0.25, 0.3) is 0 Å². The average Bonchev–Trinajstić information content (AvgIpc) is 2.85. The van der Waals surface area contributed by atoms with Crippen LogP contribution in [0, 0.1) is 19.7 Å². The Balaban J connectivity index is 1.72. The molecular formula is C18H17FN2OS. The van der Waals surface area contributed by atoms with E-state index in [4.69, 9.17) is 0 Å². The largest absolute Gasteiger partial charge is 0.304 e. The molecule has 3 nitrogen and oxygen atoms in total. The number of amidine groups is 1. The summed E-state index contributed by atoms with van der Waals surface area (Å²) < 4.78 is 12.9. The van der Waals surface area contributed by atoms with E-state index in [1.807, 2.05) is 0 Å². The minimum atomic E-state index is -0.301. The monoisotopic (exact) mass is 328 g/mol. The first kappa shape index (κ1) is 15.7. The predicted octanol–water partition coefficient (Wildman–Crippen LogP) is 3.90. The number of carbonyl (C=O) groups is 1. The van der Waals surface area contributed by atoms with Crippen LogP contribution in [0.2, 0.25) is 0 Å². The fourth-order valence-corrected chi connectivity index (χ4v) is 3.40. The van der Waals surface area contributed by atoms with Gasteiger partial charge in [0, 0.05) is 0 Å². The van der Waals surface area contributed by atoms with Gasteiger partial charge in [-0.2, -0.15) is 0 Å². The van der Waals surface area contributed by atoms with Crippen LogP contribution in [0.5, 0.6) is 0 Å². The number of benzene rings is 2. The third-order valence-corrected chi connectivity index (χ3v) is 4.91. The van der Waals surface area contributed by atoms with Crippen LogP contribution in [0.3, 0.4) is 0 Å². The molecule has 0 radical (unpaired) electrons. The van der Waals surface area contributed by atoms with Crippen molar-refractivity contribution in [3.63, 3.8) is 0 Å². The van der Waals surface area contributed by atoms with Crippen molar-refractivity contribution in [3.8, 4) is 0 Å². The lowest BCUT2D eigenvalue weighted by atomic mass is 10.0. The Morgan fingerprint density at radius 3 is 2.57 bits per heavy atom. The average molecular weight is 328 g/mol. The van der Waals surface area contributed by atoms with Gasteiger partial charge in [-0.25, -0.2) is 9.38 Å². The SMILES string of the molecule is Cc1ccc(CC2SC(=Nc3ccc(F)cc3)NC2=O)cc1C. The molecule has 2 aromatic carbocycles. The Bertz CT molecular complexity index is 771. The molecule has 3 rings (SSSR count). The molecule has 1 heterocycles. The molecule has 0 bridgehead atoms. The van der Waals surface area contributed by atoms with Gasteiger partial charge in [-0.3, -0.25) is 4.79 Å². The molecule has 1 aliphatic rings. The number of thioether (sulfide) groups is 1. The maximum Gasteiger partial charge on any atom is 0.239 e. The molecule has 1 unspecified atom stereocenters. The van der Waals surface area contributed by atoms with Gasteiger partial charge in [0.1, 0.15) is 5.82 Å². The summed E-state index contributed by atoms with van der Waals surface area (Å²) in [6, 6.07) is 12.2. The summed E-state index contributed by atoms with van der Waals surface area (Å²) in [5.74, 6) is -0.334. The van der Waals surface area contributed by atoms with Crippen LogP contribution in [0.1, 0.15) is 16.7 Å². The lowest BCUT2D eigenvalue weighted by molar-refractivity contribution is -0.118. The minimum absolute atomic E-state index is 0.0333. The van der Waals surface area contributed by atoms with Crippen molar-refractivity contribution in [1.29, 1.82) is 0 Å². The first-order valence-electron chi connectivity index (χ1n) is 7.39. The molecule has 1 N–H and O–H groups in total. The van der Waals surface area contributed by atoms with Gasteiger partial charge < -0.3 is 5.32 Å². The molecule has 0 spiro atoms. The van der Waals surface area contributed by atoms with Gasteiger partial charge in [-0.1, -0.05) is 30.0 Å². The van der Waals surface area contributed by atoms with Crippen LogP contribution in [0.4, 0.5) is 10.1 Å². The van der Waals surface area contributed by atoms with Crippen molar-refractivity contribution in [2.75, 3.05) is 0 Å². The summed E-state index contributed by atoms with van der Waals surface area (Å²) in [4.78, 5) is 16.5. The van der Waals surface area contributed by atoms with E-state index >= 15 is 0 Å². The van der Waals surface area contributed by atoms with E-state index in [0.717, 1.165) is 5.56 Å². The summed E-state index contributed by atoms with van der Waals surface area (Å²) >= 11 is 1.42. The first-order chi connectivity index (χ1) is 11.0. The zero-order valence-corrected chi connectivity index (χ0v) is 13.8. The number of aryl methyl sites for hydroxylation is 2. The third-order valence-electron chi connectivity index (χ3n) is 3.83. The van der Waals surface area contributed by atoms with E-state index in [1.165, 1.54) is 35.0 Å². The van der Waals surface area contributed by atoms with E-state index in [2.05, 4.69) is 42.4 Å². The Labute approximate surface area is 139 Å². The number of hydrogen-bond donors (Lipinski definition) is 1. The molecule has 1 saturated heterocycles. The van der Waals surface area contributed by atoms with Crippen LogP contribution in [-0.4, -0.2) is 16.3 Å². The number of hydrogen-bond acceptors (Lipinski definition) is 3. The summed E-state index contributed by atoms with van der Waals surface area (Å²) in [6.07, 6.45) is 0.667. The van der Waals surface area contributed by atoms with Gasteiger partial charge in [0.2, 0.25) is 5.91 Å².